The second kappa shape index (κ2) is 5.00. The molecule has 6 heteroatoms. The van der Waals surface area contributed by atoms with E-state index in [0.29, 0.717) is 0 Å². The minimum atomic E-state index is -3.27. The summed E-state index contributed by atoms with van der Waals surface area (Å²) in [6.45, 7) is 4.23. The number of nitrogens with one attached hydrogen (secondary N) is 1. The van der Waals surface area contributed by atoms with E-state index in [1.54, 1.807) is 13.8 Å². The van der Waals surface area contributed by atoms with Crippen molar-refractivity contribution in [2.75, 3.05) is 25.9 Å². The summed E-state index contributed by atoms with van der Waals surface area (Å²) >= 11 is 0. The van der Waals surface area contributed by atoms with Gasteiger partial charge in [0.15, 0.2) is 0 Å². The number of hydrogen-bond donors (Lipinski definition) is 2. The van der Waals surface area contributed by atoms with Crippen LogP contribution in [0.2, 0.25) is 0 Å². The van der Waals surface area contributed by atoms with E-state index in [0.717, 1.165) is 19.4 Å². The van der Waals surface area contributed by atoms with Crippen LogP contribution in [0.3, 0.4) is 0 Å². The summed E-state index contributed by atoms with van der Waals surface area (Å²) in [5, 5.41) is 12.8. The fourth-order valence-electron chi connectivity index (χ4n) is 1.92. The normalized spacial score (nSPS) is 22.9. The van der Waals surface area contributed by atoms with Crippen LogP contribution in [0.5, 0.6) is 0 Å². The monoisotopic (exact) mass is 250 g/mol. The maximum Gasteiger partial charge on any atom is 0.215 e. The lowest BCUT2D eigenvalue weighted by atomic mass is 10.1. The lowest BCUT2D eigenvalue weighted by molar-refractivity contribution is 0.0639. The van der Waals surface area contributed by atoms with Crippen molar-refractivity contribution in [1.29, 1.82) is 0 Å². The molecule has 0 aliphatic carbocycles. The summed E-state index contributed by atoms with van der Waals surface area (Å²) in [7, 11) is -1.75. The van der Waals surface area contributed by atoms with E-state index in [4.69, 9.17) is 0 Å². The Labute approximate surface area is 97.9 Å². The van der Waals surface area contributed by atoms with Gasteiger partial charge in [-0.2, -0.15) is 0 Å². The van der Waals surface area contributed by atoms with Gasteiger partial charge in [0.05, 0.1) is 11.4 Å². The average molecular weight is 250 g/mol. The van der Waals surface area contributed by atoms with Crippen LogP contribution in [-0.4, -0.2) is 55.4 Å². The van der Waals surface area contributed by atoms with Gasteiger partial charge >= 0.3 is 0 Å². The largest absolute Gasteiger partial charge is 0.389 e. The maximum absolute atomic E-state index is 11.9. The van der Waals surface area contributed by atoms with Crippen LogP contribution in [0.1, 0.15) is 26.7 Å². The maximum atomic E-state index is 11.9. The number of sulfonamides is 1. The molecule has 5 nitrogen and oxygen atoms in total. The fraction of sp³-hybridized carbons (Fsp3) is 1.00. The first-order valence-corrected chi connectivity index (χ1v) is 7.21. The van der Waals surface area contributed by atoms with E-state index in [2.05, 4.69) is 5.32 Å². The fourth-order valence-corrected chi connectivity index (χ4v) is 3.48. The molecule has 0 aromatic carbocycles. The summed E-state index contributed by atoms with van der Waals surface area (Å²) in [4.78, 5) is 0. The van der Waals surface area contributed by atoms with Crippen molar-refractivity contribution in [3.05, 3.63) is 0 Å². The molecule has 2 N–H and O–H groups in total. The zero-order valence-electron chi connectivity index (χ0n) is 10.2. The van der Waals surface area contributed by atoms with Crippen LogP contribution in [0.4, 0.5) is 0 Å². The van der Waals surface area contributed by atoms with Gasteiger partial charge in [-0.05, 0) is 33.2 Å². The summed E-state index contributed by atoms with van der Waals surface area (Å²) in [6.07, 6.45) is 1.95. The molecule has 1 rings (SSSR count). The van der Waals surface area contributed by atoms with Crippen molar-refractivity contribution in [1.82, 2.24) is 9.62 Å². The Morgan fingerprint density at radius 3 is 2.56 bits per heavy atom. The van der Waals surface area contributed by atoms with Gasteiger partial charge in [0.1, 0.15) is 0 Å². The van der Waals surface area contributed by atoms with Crippen molar-refractivity contribution < 1.29 is 13.5 Å². The van der Waals surface area contributed by atoms with E-state index in [1.165, 1.54) is 11.4 Å². The first-order valence-electron chi connectivity index (χ1n) is 5.60. The Bertz CT molecular complexity index is 315. The molecule has 0 aromatic heterocycles. The third kappa shape index (κ3) is 4.37. The standard InChI is InChI=1S/C10H22N2O3S/c1-10(2,13)8-12(3)16(14,15)7-9-5-4-6-11-9/h9,11,13H,4-8H2,1-3H3. The Hall–Kier alpha value is -0.170. The molecular formula is C10H22N2O3S. The minimum Gasteiger partial charge on any atom is -0.389 e. The third-order valence-electron chi connectivity index (χ3n) is 2.66. The Morgan fingerprint density at radius 1 is 1.50 bits per heavy atom. The summed E-state index contributed by atoms with van der Waals surface area (Å²) in [6, 6.07) is 0.0641. The molecule has 1 fully saturated rings. The second-order valence-electron chi connectivity index (χ2n) is 5.14. The molecule has 1 unspecified atom stereocenters. The van der Waals surface area contributed by atoms with Crippen LogP contribution >= 0.6 is 0 Å². The Kier molecular flexibility index (Phi) is 4.34. The van der Waals surface area contributed by atoms with Gasteiger partial charge in [0, 0.05) is 19.6 Å². The zero-order valence-corrected chi connectivity index (χ0v) is 11.0. The lowest BCUT2D eigenvalue weighted by Crippen LogP contribution is -2.43. The average Bonchev–Trinajstić information content (AvgIpc) is 2.52. The molecule has 1 atom stereocenters. The van der Waals surface area contributed by atoms with Crippen molar-refractivity contribution in [2.45, 2.75) is 38.3 Å². The Morgan fingerprint density at radius 2 is 2.12 bits per heavy atom. The van der Waals surface area contributed by atoms with Crippen LogP contribution in [0.15, 0.2) is 0 Å². The van der Waals surface area contributed by atoms with Crippen LogP contribution < -0.4 is 5.32 Å². The molecule has 1 aliphatic rings. The van der Waals surface area contributed by atoms with Crippen molar-refractivity contribution in [2.24, 2.45) is 0 Å². The van der Waals surface area contributed by atoms with Crippen molar-refractivity contribution in [3.8, 4) is 0 Å². The van der Waals surface area contributed by atoms with Crippen LogP contribution in [0, 0.1) is 0 Å². The second-order valence-corrected chi connectivity index (χ2v) is 7.26. The number of hydrogen-bond acceptors (Lipinski definition) is 4. The molecule has 0 amide bonds. The predicted octanol–water partition coefficient (Wildman–Crippen LogP) is -0.229. The van der Waals surface area contributed by atoms with E-state index >= 15 is 0 Å². The molecule has 0 aromatic rings. The third-order valence-corrected chi connectivity index (χ3v) is 4.56. The molecule has 0 spiro atoms. The summed E-state index contributed by atoms with van der Waals surface area (Å²) in [5.74, 6) is 0.125. The van der Waals surface area contributed by atoms with Gasteiger partial charge in [-0.25, -0.2) is 12.7 Å². The predicted molar refractivity (Wildman–Crippen MR) is 63.7 cm³/mol. The first-order chi connectivity index (χ1) is 7.21. The summed E-state index contributed by atoms with van der Waals surface area (Å²) < 4.78 is 25.1. The van der Waals surface area contributed by atoms with E-state index in [1.807, 2.05) is 0 Å². The molecule has 96 valence electrons. The van der Waals surface area contributed by atoms with Crippen LogP contribution in [0.25, 0.3) is 0 Å². The molecule has 1 heterocycles. The van der Waals surface area contributed by atoms with Crippen molar-refractivity contribution >= 4 is 10.0 Å². The van der Waals surface area contributed by atoms with Crippen molar-refractivity contribution in [3.63, 3.8) is 0 Å². The van der Waals surface area contributed by atoms with Gasteiger partial charge in [0.25, 0.3) is 0 Å². The first kappa shape index (κ1) is 13.9. The topological polar surface area (TPSA) is 69.6 Å². The number of likely N-dealkylation sites (N-methyl/N-ethyl adjacent to an activating group) is 1. The highest BCUT2D eigenvalue weighted by atomic mass is 32.2. The smallest absolute Gasteiger partial charge is 0.215 e. The van der Waals surface area contributed by atoms with Gasteiger partial charge in [0.2, 0.25) is 10.0 Å². The highest BCUT2D eigenvalue weighted by molar-refractivity contribution is 7.89. The zero-order chi connectivity index (χ0) is 12.4. The highest BCUT2D eigenvalue weighted by Gasteiger charge is 2.28. The minimum absolute atomic E-state index is 0.0641. The van der Waals surface area contributed by atoms with Gasteiger partial charge in [-0.15, -0.1) is 0 Å². The van der Waals surface area contributed by atoms with E-state index < -0.39 is 15.6 Å². The SMILES string of the molecule is CN(CC(C)(C)O)S(=O)(=O)CC1CCCN1. The molecule has 0 bridgehead atoms. The van der Waals surface area contributed by atoms with Crippen LogP contribution in [-0.2, 0) is 10.0 Å². The molecule has 0 radical (unpaired) electrons. The summed E-state index contributed by atoms with van der Waals surface area (Å²) in [5.41, 5.74) is -0.995. The molecular weight excluding hydrogens is 228 g/mol. The number of nitrogens with zero attached hydrogens (tertiary/aromatic N) is 1. The Balaban J connectivity index is 2.55. The molecule has 16 heavy (non-hydrogen) atoms. The molecule has 0 saturated carbocycles. The van der Waals surface area contributed by atoms with E-state index in [-0.39, 0.29) is 18.3 Å². The van der Waals surface area contributed by atoms with Gasteiger partial charge < -0.3 is 10.4 Å². The van der Waals surface area contributed by atoms with Gasteiger partial charge in [-0.3, -0.25) is 0 Å². The molecule has 1 saturated heterocycles. The molecule has 1 aliphatic heterocycles. The van der Waals surface area contributed by atoms with E-state index in [9.17, 15) is 13.5 Å². The number of rotatable bonds is 5. The highest BCUT2D eigenvalue weighted by Crippen LogP contribution is 2.12. The number of aliphatic hydroxyl groups is 1. The lowest BCUT2D eigenvalue weighted by Gasteiger charge is -2.26. The quantitative estimate of drug-likeness (QED) is 0.707. The van der Waals surface area contributed by atoms with Gasteiger partial charge in [-0.1, -0.05) is 0 Å².